The predicted octanol–water partition coefficient (Wildman–Crippen LogP) is 4.75. The molecule has 0 aliphatic rings. The Hall–Kier alpha value is -2.97. The summed E-state index contributed by atoms with van der Waals surface area (Å²) in [6, 6.07) is 15.4. The first kappa shape index (κ1) is 20.3. The fraction of sp³-hybridized carbons (Fsp3) is 0.227. The number of ketones is 1. The van der Waals surface area contributed by atoms with Gasteiger partial charge in [0.15, 0.2) is 16.7 Å². The van der Waals surface area contributed by atoms with Crippen molar-refractivity contribution >= 4 is 28.5 Å². The molecule has 8 heteroatoms. The van der Waals surface area contributed by atoms with Crippen molar-refractivity contribution in [3.63, 3.8) is 0 Å². The summed E-state index contributed by atoms with van der Waals surface area (Å²) in [5, 5.41) is 10.1. The molecule has 2 heterocycles. The number of fused-ring (bicyclic) bond motifs is 1. The molecule has 0 aliphatic heterocycles. The van der Waals surface area contributed by atoms with Gasteiger partial charge in [-0.1, -0.05) is 30.0 Å². The molecule has 0 saturated heterocycles. The van der Waals surface area contributed by atoms with E-state index >= 15 is 0 Å². The van der Waals surface area contributed by atoms with E-state index in [2.05, 4.69) is 10.2 Å². The smallest absolute Gasteiger partial charge is 0.208 e. The molecule has 4 rings (SSSR count). The van der Waals surface area contributed by atoms with Gasteiger partial charge in [0, 0.05) is 11.1 Å². The molecule has 0 unspecified atom stereocenters. The zero-order valence-corrected chi connectivity index (χ0v) is 17.7. The van der Waals surface area contributed by atoms with E-state index < -0.39 is 0 Å². The molecule has 0 saturated carbocycles. The van der Waals surface area contributed by atoms with Crippen LogP contribution in [0.2, 0.25) is 0 Å². The number of Topliss-reactive ketones (excluding diaryl/α,β-unsaturated/α-hetero) is 1. The number of carbonyl (C=O) groups excluding carboxylic acids is 1. The van der Waals surface area contributed by atoms with Gasteiger partial charge in [-0.2, -0.15) is 0 Å². The van der Waals surface area contributed by atoms with Crippen LogP contribution in [0.1, 0.15) is 29.3 Å². The highest BCUT2D eigenvalue weighted by atomic mass is 32.2. The molecule has 0 N–H and O–H groups in total. The van der Waals surface area contributed by atoms with Crippen molar-refractivity contribution in [2.75, 3.05) is 19.8 Å². The van der Waals surface area contributed by atoms with Gasteiger partial charge in [0.1, 0.15) is 11.4 Å². The van der Waals surface area contributed by atoms with Gasteiger partial charge in [0.25, 0.3) is 0 Å². The van der Waals surface area contributed by atoms with E-state index in [1.807, 2.05) is 54.8 Å². The second kappa shape index (κ2) is 8.41. The summed E-state index contributed by atoms with van der Waals surface area (Å²) in [4.78, 5) is 14.7. The summed E-state index contributed by atoms with van der Waals surface area (Å²) in [6.45, 7) is 2.01. The minimum Gasteiger partial charge on any atom is -0.453 e. The molecule has 0 spiro atoms. The number of thioether (sulfide) groups is 1. The van der Waals surface area contributed by atoms with Crippen LogP contribution < -0.4 is 0 Å². The number of aromatic nitrogens is 3. The maximum absolute atomic E-state index is 13.4. The normalized spacial score (nSPS) is 12.6. The summed E-state index contributed by atoms with van der Waals surface area (Å²) in [5.41, 5.74) is 1.42. The molecule has 2 aromatic carbocycles. The Morgan fingerprint density at radius 1 is 1.17 bits per heavy atom. The summed E-state index contributed by atoms with van der Waals surface area (Å²) in [6.07, 6.45) is 0. The van der Waals surface area contributed by atoms with Crippen LogP contribution in [-0.4, -0.2) is 45.3 Å². The number of carbonyl (C=O) groups is 1. The maximum atomic E-state index is 13.4. The summed E-state index contributed by atoms with van der Waals surface area (Å²) in [7, 11) is 3.90. The first-order valence-corrected chi connectivity index (χ1v) is 10.4. The average molecular weight is 425 g/mol. The molecule has 6 nitrogen and oxygen atoms in total. The molecule has 0 bridgehead atoms. The molecule has 0 amide bonds. The van der Waals surface area contributed by atoms with E-state index in [-0.39, 0.29) is 23.4 Å². The van der Waals surface area contributed by atoms with Crippen molar-refractivity contribution in [2.24, 2.45) is 0 Å². The molecule has 4 aromatic rings. The van der Waals surface area contributed by atoms with Crippen molar-refractivity contribution in [3.8, 4) is 5.69 Å². The third-order valence-electron chi connectivity index (χ3n) is 4.92. The molecule has 0 radical (unpaired) electrons. The van der Waals surface area contributed by atoms with Crippen LogP contribution in [0, 0.1) is 5.82 Å². The monoisotopic (exact) mass is 424 g/mol. The third kappa shape index (κ3) is 4.01. The number of halogens is 1. The predicted molar refractivity (Wildman–Crippen MR) is 115 cm³/mol. The highest BCUT2D eigenvalue weighted by molar-refractivity contribution is 7.99. The number of nitrogens with zero attached hydrogens (tertiary/aromatic N) is 4. The lowest BCUT2D eigenvalue weighted by molar-refractivity contribution is 0.0994. The van der Waals surface area contributed by atoms with Gasteiger partial charge in [0.05, 0.1) is 11.8 Å². The number of hydrogen-bond acceptors (Lipinski definition) is 6. The van der Waals surface area contributed by atoms with Crippen molar-refractivity contribution in [3.05, 3.63) is 72.0 Å². The van der Waals surface area contributed by atoms with Crippen molar-refractivity contribution in [2.45, 2.75) is 18.1 Å². The van der Waals surface area contributed by atoms with E-state index in [1.54, 1.807) is 18.2 Å². The lowest BCUT2D eigenvalue weighted by Gasteiger charge is -2.20. The summed E-state index contributed by atoms with van der Waals surface area (Å²) in [5.74, 6) is 0.731. The van der Waals surface area contributed by atoms with Gasteiger partial charge in [-0.05, 0) is 57.4 Å². The molecular formula is C22H21FN4O2S. The molecule has 0 aliphatic carbocycles. The molecule has 154 valence electrons. The van der Waals surface area contributed by atoms with Gasteiger partial charge < -0.3 is 4.42 Å². The van der Waals surface area contributed by atoms with Crippen molar-refractivity contribution < 1.29 is 13.6 Å². The van der Waals surface area contributed by atoms with Crippen molar-refractivity contribution in [1.29, 1.82) is 0 Å². The Kier molecular flexibility index (Phi) is 5.69. The van der Waals surface area contributed by atoms with Crippen LogP contribution in [0.4, 0.5) is 4.39 Å². The van der Waals surface area contributed by atoms with E-state index in [4.69, 9.17) is 4.42 Å². The zero-order valence-electron chi connectivity index (χ0n) is 16.9. The largest absolute Gasteiger partial charge is 0.453 e. The first-order chi connectivity index (χ1) is 14.4. The highest BCUT2D eigenvalue weighted by Crippen LogP contribution is 2.28. The first-order valence-electron chi connectivity index (χ1n) is 9.46. The fourth-order valence-corrected chi connectivity index (χ4v) is 3.86. The minimum absolute atomic E-state index is 0.0250. The molecule has 2 aromatic heterocycles. The van der Waals surface area contributed by atoms with Crippen LogP contribution in [0.15, 0.2) is 64.2 Å². The van der Waals surface area contributed by atoms with E-state index in [0.29, 0.717) is 22.3 Å². The number of furan rings is 1. The Labute approximate surface area is 177 Å². The quantitative estimate of drug-likeness (QED) is 0.315. The van der Waals surface area contributed by atoms with Crippen LogP contribution in [0.3, 0.4) is 0 Å². The SMILES string of the molecule is C[C@H](c1nnc(SCC(=O)c2cc3ccccc3o2)n1-c1ccc(F)cc1)N(C)C. The molecular weight excluding hydrogens is 403 g/mol. The summed E-state index contributed by atoms with van der Waals surface area (Å²) < 4.78 is 21.0. The number of benzene rings is 2. The Morgan fingerprint density at radius 3 is 2.60 bits per heavy atom. The fourth-order valence-electron chi connectivity index (χ4n) is 3.03. The average Bonchev–Trinajstić information content (AvgIpc) is 3.36. The minimum atomic E-state index is -0.316. The van der Waals surface area contributed by atoms with E-state index in [1.165, 1.54) is 23.9 Å². The van der Waals surface area contributed by atoms with Crippen LogP contribution in [0.5, 0.6) is 0 Å². The maximum Gasteiger partial charge on any atom is 0.208 e. The standard InChI is InChI=1S/C22H21FN4O2S/c1-14(26(2)3)21-24-25-22(27(21)17-10-8-16(23)9-11-17)30-13-18(28)20-12-15-6-4-5-7-19(15)29-20/h4-12,14H,13H2,1-3H3/t14-/m1/s1. The molecule has 0 fully saturated rings. The second-order valence-corrected chi connectivity index (χ2v) is 8.10. The topological polar surface area (TPSA) is 64.2 Å². The Bertz CT molecular complexity index is 1150. The third-order valence-corrected chi connectivity index (χ3v) is 5.85. The second-order valence-electron chi connectivity index (χ2n) is 7.15. The number of rotatable bonds is 7. The summed E-state index contributed by atoms with van der Waals surface area (Å²) >= 11 is 1.28. The molecule has 30 heavy (non-hydrogen) atoms. The van der Waals surface area contributed by atoms with Crippen LogP contribution >= 0.6 is 11.8 Å². The molecule has 1 atom stereocenters. The van der Waals surface area contributed by atoms with Gasteiger partial charge in [-0.15, -0.1) is 10.2 Å². The van der Waals surface area contributed by atoms with Gasteiger partial charge in [-0.25, -0.2) is 4.39 Å². The van der Waals surface area contributed by atoms with Crippen LogP contribution in [0.25, 0.3) is 16.7 Å². The Balaban J connectivity index is 1.61. The van der Waals surface area contributed by atoms with Gasteiger partial charge >= 0.3 is 0 Å². The number of para-hydroxylation sites is 1. The Morgan fingerprint density at radius 2 is 1.90 bits per heavy atom. The number of hydrogen-bond donors (Lipinski definition) is 0. The van der Waals surface area contributed by atoms with Crippen molar-refractivity contribution in [1.82, 2.24) is 19.7 Å². The lowest BCUT2D eigenvalue weighted by atomic mass is 10.2. The lowest BCUT2D eigenvalue weighted by Crippen LogP contribution is -2.20. The highest BCUT2D eigenvalue weighted by Gasteiger charge is 2.22. The van der Waals surface area contributed by atoms with Crippen LogP contribution in [-0.2, 0) is 0 Å². The van der Waals surface area contributed by atoms with Gasteiger partial charge in [0.2, 0.25) is 5.78 Å². The zero-order chi connectivity index (χ0) is 21.3. The van der Waals surface area contributed by atoms with E-state index in [0.717, 1.165) is 11.1 Å². The van der Waals surface area contributed by atoms with E-state index in [9.17, 15) is 9.18 Å². The van der Waals surface area contributed by atoms with Gasteiger partial charge in [-0.3, -0.25) is 14.3 Å².